The molecule has 2 aromatic heterocycles. The summed E-state index contributed by atoms with van der Waals surface area (Å²) in [7, 11) is 1.92. The van der Waals surface area contributed by atoms with Crippen molar-refractivity contribution >= 4 is 34.2 Å². The molecule has 2 fully saturated rings. The summed E-state index contributed by atoms with van der Waals surface area (Å²) in [6.07, 6.45) is 7.52. The van der Waals surface area contributed by atoms with Gasteiger partial charge in [0.05, 0.1) is 13.0 Å². The number of aromatic nitrogens is 2. The molecule has 0 unspecified atom stereocenters. The predicted octanol–water partition coefficient (Wildman–Crippen LogP) is 6.15. The maximum atomic E-state index is 15.6. The van der Waals surface area contributed by atoms with Gasteiger partial charge in [0.25, 0.3) is 0 Å². The molecule has 1 amide bonds. The van der Waals surface area contributed by atoms with Gasteiger partial charge in [-0.2, -0.15) is 4.39 Å². The van der Waals surface area contributed by atoms with Gasteiger partial charge in [0.15, 0.2) is 16.7 Å². The molecule has 3 heterocycles. The number of likely N-dealkylation sites (N-methyl/N-ethyl adjacent to an activating group) is 1. The summed E-state index contributed by atoms with van der Waals surface area (Å²) >= 11 is 0.736. The minimum atomic E-state index is -1.03. The van der Waals surface area contributed by atoms with Crippen molar-refractivity contribution in [1.29, 1.82) is 0 Å². The summed E-state index contributed by atoms with van der Waals surface area (Å²) in [5, 5.41) is 9.10. The van der Waals surface area contributed by atoms with Crippen molar-refractivity contribution in [2.45, 2.75) is 57.4 Å². The van der Waals surface area contributed by atoms with E-state index in [2.05, 4.69) is 9.97 Å². The number of benzene rings is 1. The van der Waals surface area contributed by atoms with Crippen molar-refractivity contribution in [3.05, 3.63) is 41.4 Å². The Balaban J connectivity index is 1.35. The number of fused-ring (bicyclic) bond motifs is 1. The van der Waals surface area contributed by atoms with Gasteiger partial charge in [-0.25, -0.2) is 14.4 Å². The fraction of sp³-hybridized carbons (Fsp3) is 0.467. The molecule has 6 rings (SSSR count). The fourth-order valence-electron chi connectivity index (χ4n) is 5.99. The Morgan fingerprint density at radius 3 is 2.68 bits per heavy atom. The number of carboxylic acid groups (broad SMARTS) is 1. The van der Waals surface area contributed by atoms with Gasteiger partial charge in [0, 0.05) is 36.3 Å². The lowest BCUT2D eigenvalue weighted by atomic mass is 9.90. The first-order valence-corrected chi connectivity index (χ1v) is 15.0. The maximum Gasteiger partial charge on any atom is 0.304 e. The van der Waals surface area contributed by atoms with Gasteiger partial charge in [-0.05, 0) is 48.9 Å². The average Bonchev–Trinajstić information content (AvgIpc) is 3.49. The molecule has 3 aromatic rings. The molecule has 0 spiro atoms. The molecule has 8 nitrogen and oxygen atoms in total. The van der Waals surface area contributed by atoms with Crippen LogP contribution in [0.25, 0.3) is 22.4 Å². The van der Waals surface area contributed by atoms with Crippen LogP contribution in [0.3, 0.4) is 0 Å². The van der Waals surface area contributed by atoms with Crippen LogP contribution >= 0.6 is 11.3 Å². The summed E-state index contributed by atoms with van der Waals surface area (Å²) in [5.74, 6) is -0.996. The van der Waals surface area contributed by atoms with Crippen LogP contribution in [0.15, 0.2) is 30.5 Å². The predicted molar refractivity (Wildman–Crippen MR) is 152 cm³/mol. The van der Waals surface area contributed by atoms with E-state index in [4.69, 9.17) is 4.74 Å². The topological polar surface area (TPSA) is 95.9 Å². The van der Waals surface area contributed by atoms with Crippen LogP contribution in [0.1, 0.15) is 51.4 Å². The SMILES string of the molecule is CN1CCOc2cc(-c3ccc(F)cc3-c3nc(N(C(=O)[C@@H](CC(=O)O)CC4CCCC4)C4CC4)sc3F)cnc21. The van der Waals surface area contributed by atoms with E-state index in [0.717, 1.165) is 49.9 Å². The zero-order valence-electron chi connectivity index (χ0n) is 22.8. The number of rotatable bonds is 9. The van der Waals surface area contributed by atoms with Crippen molar-refractivity contribution in [3.63, 3.8) is 0 Å². The van der Waals surface area contributed by atoms with Gasteiger partial charge >= 0.3 is 5.97 Å². The number of halogens is 2. The molecular formula is C30H32F2N4O4S. The maximum absolute atomic E-state index is 15.6. The largest absolute Gasteiger partial charge is 0.488 e. The molecule has 0 radical (unpaired) electrons. The monoisotopic (exact) mass is 582 g/mol. The zero-order chi connectivity index (χ0) is 28.7. The molecule has 0 bridgehead atoms. The number of carbonyl (C=O) groups is 2. The van der Waals surface area contributed by atoms with Gasteiger partial charge in [0.1, 0.15) is 18.1 Å². The molecule has 1 aliphatic heterocycles. The zero-order valence-corrected chi connectivity index (χ0v) is 23.6. The van der Waals surface area contributed by atoms with E-state index in [-0.39, 0.29) is 34.8 Å². The summed E-state index contributed by atoms with van der Waals surface area (Å²) in [4.78, 5) is 38.1. The molecule has 2 saturated carbocycles. The Kier molecular flexibility index (Phi) is 7.63. The number of nitrogens with zero attached hydrogens (tertiary/aromatic N) is 4. The highest BCUT2D eigenvalue weighted by molar-refractivity contribution is 7.14. The van der Waals surface area contributed by atoms with E-state index >= 15 is 4.39 Å². The first-order chi connectivity index (χ1) is 19.8. The van der Waals surface area contributed by atoms with Gasteiger partial charge in [-0.3, -0.25) is 14.5 Å². The lowest BCUT2D eigenvalue weighted by Gasteiger charge is -2.26. The van der Waals surface area contributed by atoms with Crippen molar-refractivity contribution in [1.82, 2.24) is 9.97 Å². The Hall–Kier alpha value is -3.60. The molecule has 11 heteroatoms. The number of carbonyl (C=O) groups excluding carboxylic acids is 1. The highest BCUT2D eigenvalue weighted by Gasteiger charge is 2.40. The Labute approximate surface area is 241 Å². The molecule has 41 heavy (non-hydrogen) atoms. The molecule has 3 aliphatic rings. The molecule has 0 saturated heterocycles. The van der Waals surface area contributed by atoms with E-state index in [0.29, 0.717) is 48.2 Å². The molecule has 1 atom stereocenters. The number of anilines is 2. The summed E-state index contributed by atoms with van der Waals surface area (Å²) in [6.45, 7) is 1.21. The highest BCUT2D eigenvalue weighted by atomic mass is 32.1. The van der Waals surface area contributed by atoms with Crippen molar-refractivity contribution in [2.24, 2.45) is 11.8 Å². The van der Waals surface area contributed by atoms with Crippen LogP contribution in [-0.2, 0) is 9.59 Å². The molecular weight excluding hydrogens is 550 g/mol. The van der Waals surface area contributed by atoms with E-state index in [9.17, 15) is 19.1 Å². The minimum Gasteiger partial charge on any atom is -0.488 e. The Bertz CT molecular complexity index is 1470. The number of hydrogen-bond acceptors (Lipinski definition) is 7. The van der Waals surface area contributed by atoms with Crippen LogP contribution in [0.4, 0.5) is 19.7 Å². The van der Waals surface area contributed by atoms with Crippen LogP contribution in [-0.4, -0.2) is 53.2 Å². The second kappa shape index (κ2) is 11.3. The smallest absolute Gasteiger partial charge is 0.304 e. The van der Waals surface area contributed by atoms with Gasteiger partial charge in [-0.1, -0.05) is 43.1 Å². The van der Waals surface area contributed by atoms with Gasteiger partial charge in [0.2, 0.25) is 11.0 Å². The quantitative estimate of drug-likeness (QED) is 0.324. The number of thiazole rings is 1. The number of carboxylic acids is 1. The second-order valence-corrected chi connectivity index (χ2v) is 12.2. The van der Waals surface area contributed by atoms with E-state index < -0.39 is 22.8 Å². The normalized spacial score (nSPS) is 17.7. The number of amides is 1. The van der Waals surface area contributed by atoms with Gasteiger partial charge in [-0.15, -0.1) is 0 Å². The van der Waals surface area contributed by atoms with Crippen molar-refractivity contribution in [3.8, 4) is 28.1 Å². The Morgan fingerprint density at radius 1 is 1.17 bits per heavy atom. The number of aliphatic carboxylic acids is 1. The lowest BCUT2D eigenvalue weighted by molar-refractivity contribution is -0.141. The summed E-state index contributed by atoms with van der Waals surface area (Å²) < 4.78 is 36.0. The number of ether oxygens (including phenoxy) is 1. The first kappa shape index (κ1) is 27.6. The van der Waals surface area contributed by atoms with E-state index in [1.165, 1.54) is 17.0 Å². The summed E-state index contributed by atoms with van der Waals surface area (Å²) in [6, 6.07) is 5.76. The third-order valence-electron chi connectivity index (χ3n) is 8.22. The highest BCUT2D eigenvalue weighted by Crippen LogP contribution is 2.43. The minimum absolute atomic E-state index is 0.0562. The molecule has 1 aromatic carbocycles. The van der Waals surface area contributed by atoms with E-state index in [1.54, 1.807) is 18.3 Å². The van der Waals surface area contributed by atoms with Crippen LogP contribution in [0.2, 0.25) is 0 Å². The second-order valence-electron chi connectivity index (χ2n) is 11.2. The Morgan fingerprint density at radius 2 is 1.95 bits per heavy atom. The third kappa shape index (κ3) is 5.77. The fourth-order valence-corrected chi connectivity index (χ4v) is 6.88. The standard InChI is InChI=1S/C30H32F2N4O4S/c1-35-10-11-40-24-13-19(16-33-28(24)35)22-9-6-20(31)15-23(22)26-27(32)41-30(34-26)36(21-7-8-21)29(39)18(14-25(37)38)12-17-4-2-3-5-17/h6,9,13,15-18,21H,2-5,7-8,10-12,14H2,1H3,(H,37,38)/t18-/m1/s1. The number of pyridine rings is 1. The lowest BCUT2D eigenvalue weighted by Crippen LogP contribution is -2.39. The molecule has 216 valence electrons. The van der Waals surface area contributed by atoms with Crippen LogP contribution < -0.4 is 14.5 Å². The molecule has 1 N–H and O–H groups in total. The van der Waals surface area contributed by atoms with Crippen LogP contribution in [0.5, 0.6) is 5.75 Å². The van der Waals surface area contributed by atoms with E-state index in [1.807, 2.05) is 11.9 Å². The van der Waals surface area contributed by atoms with Crippen LogP contribution in [0, 0.1) is 22.8 Å². The third-order valence-corrected chi connectivity index (χ3v) is 9.06. The molecule has 2 aliphatic carbocycles. The summed E-state index contributed by atoms with van der Waals surface area (Å²) in [5.41, 5.74) is 1.34. The van der Waals surface area contributed by atoms with Crippen molar-refractivity contribution < 1.29 is 28.2 Å². The average molecular weight is 583 g/mol. The van der Waals surface area contributed by atoms with Crippen molar-refractivity contribution in [2.75, 3.05) is 30.0 Å². The number of hydrogen-bond donors (Lipinski definition) is 1. The van der Waals surface area contributed by atoms with Gasteiger partial charge < -0.3 is 14.7 Å². The first-order valence-electron chi connectivity index (χ1n) is 14.1.